The van der Waals surface area contributed by atoms with Gasteiger partial charge in [0.15, 0.2) is 5.17 Å². The fourth-order valence-corrected chi connectivity index (χ4v) is 4.71. The van der Waals surface area contributed by atoms with Gasteiger partial charge >= 0.3 is 5.97 Å². The van der Waals surface area contributed by atoms with Gasteiger partial charge in [-0.05, 0) is 54.5 Å². The van der Waals surface area contributed by atoms with E-state index in [0.717, 1.165) is 11.8 Å². The molecule has 1 aromatic rings. The van der Waals surface area contributed by atoms with E-state index in [1.165, 1.54) is 7.11 Å². The number of ether oxygens (including phenoxy) is 3. The molecule has 1 aromatic carbocycles. The maximum atomic E-state index is 13.1. The van der Waals surface area contributed by atoms with Crippen LogP contribution in [-0.4, -0.2) is 36.4 Å². The first-order valence-electron chi connectivity index (χ1n) is 9.02. The van der Waals surface area contributed by atoms with E-state index in [1.54, 1.807) is 38.8 Å². The van der Waals surface area contributed by atoms with Gasteiger partial charge in [-0.15, -0.1) is 0 Å². The summed E-state index contributed by atoms with van der Waals surface area (Å²) in [5, 5.41) is 9.98. The van der Waals surface area contributed by atoms with Gasteiger partial charge in [0.2, 0.25) is 0 Å². The number of hydrogen-bond acceptors (Lipinski definition) is 9. The summed E-state index contributed by atoms with van der Waals surface area (Å²) in [5.74, 6) is 0.784. The average Bonchev–Trinajstić information content (AvgIpc) is 3.01. The summed E-state index contributed by atoms with van der Waals surface area (Å²) < 4.78 is 17.2. The van der Waals surface area contributed by atoms with Gasteiger partial charge in [-0.3, -0.25) is 4.90 Å². The summed E-state index contributed by atoms with van der Waals surface area (Å²) in [7, 11) is 3.09. The van der Waals surface area contributed by atoms with Crippen LogP contribution < -0.4 is 15.2 Å². The highest BCUT2D eigenvalue weighted by molar-refractivity contribution is 9.10. The zero-order chi connectivity index (χ0) is 22.2. The molecule has 0 radical (unpaired) electrons. The normalized spacial score (nSPS) is 18.3. The highest BCUT2D eigenvalue weighted by Gasteiger charge is 2.44. The molecule has 2 aliphatic rings. The van der Waals surface area contributed by atoms with Gasteiger partial charge in [-0.25, -0.2) is 9.79 Å². The number of amidine groups is 1. The minimum absolute atomic E-state index is 0.225. The van der Waals surface area contributed by atoms with Crippen molar-refractivity contribution in [2.24, 2.45) is 10.7 Å². The molecule has 0 spiro atoms. The number of nitrogens with two attached hydrogens (primary N) is 1. The van der Waals surface area contributed by atoms with Crippen molar-refractivity contribution in [3.05, 3.63) is 44.2 Å². The first kappa shape index (κ1) is 22.1. The average molecular weight is 493 g/mol. The van der Waals surface area contributed by atoms with E-state index in [1.807, 2.05) is 6.07 Å². The minimum Gasteiger partial charge on any atom is -0.496 e. The van der Waals surface area contributed by atoms with Crippen LogP contribution in [0.2, 0.25) is 0 Å². The monoisotopic (exact) mass is 492 g/mol. The summed E-state index contributed by atoms with van der Waals surface area (Å²) in [4.78, 5) is 19.6. The fourth-order valence-electron chi connectivity index (χ4n) is 3.27. The van der Waals surface area contributed by atoms with Crippen molar-refractivity contribution in [2.45, 2.75) is 32.9 Å². The van der Waals surface area contributed by atoms with Gasteiger partial charge in [0.05, 0.1) is 36.1 Å². The molecule has 2 N–H and O–H groups in total. The molecular formula is C20H21BrN4O4S. The molecule has 1 atom stereocenters. The van der Waals surface area contributed by atoms with Gasteiger partial charge < -0.3 is 19.9 Å². The van der Waals surface area contributed by atoms with Crippen molar-refractivity contribution in [2.75, 3.05) is 14.2 Å². The lowest BCUT2D eigenvalue weighted by molar-refractivity contribution is -0.143. The summed E-state index contributed by atoms with van der Waals surface area (Å²) in [6.45, 7) is 5.29. The van der Waals surface area contributed by atoms with E-state index in [-0.39, 0.29) is 11.9 Å². The van der Waals surface area contributed by atoms with Gasteiger partial charge in [-0.1, -0.05) is 0 Å². The Balaban J connectivity index is 2.27. The van der Waals surface area contributed by atoms with Crippen molar-refractivity contribution in [1.29, 1.82) is 5.26 Å². The maximum Gasteiger partial charge on any atom is 0.338 e. The number of rotatable bonds is 5. The Kier molecular flexibility index (Phi) is 6.33. The molecule has 0 fully saturated rings. The molecule has 0 bridgehead atoms. The second-order valence-corrected chi connectivity index (χ2v) is 8.61. The third kappa shape index (κ3) is 3.75. The summed E-state index contributed by atoms with van der Waals surface area (Å²) in [5.41, 5.74) is 7.76. The zero-order valence-corrected chi connectivity index (χ0v) is 19.6. The number of hydrogen-bond donors (Lipinski definition) is 1. The number of methoxy groups -OCH3 is 2. The number of allylic oxidation sites excluding steroid dienone is 2. The highest BCUT2D eigenvalue weighted by atomic mass is 79.9. The van der Waals surface area contributed by atoms with Gasteiger partial charge in [-0.2, -0.15) is 5.26 Å². The summed E-state index contributed by atoms with van der Waals surface area (Å²) in [6, 6.07) is 4.93. The Labute approximate surface area is 187 Å². The molecule has 2 aliphatic heterocycles. The lowest BCUT2D eigenvalue weighted by atomic mass is 9.93. The van der Waals surface area contributed by atoms with E-state index >= 15 is 0 Å². The van der Waals surface area contributed by atoms with Gasteiger partial charge in [0, 0.05) is 11.6 Å². The lowest BCUT2D eigenvalue weighted by Crippen LogP contribution is -2.39. The van der Waals surface area contributed by atoms with Crippen LogP contribution in [0.4, 0.5) is 0 Å². The van der Waals surface area contributed by atoms with Crippen LogP contribution >= 0.6 is 27.7 Å². The minimum atomic E-state index is -0.695. The molecule has 8 nitrogen and oxygen atoms in total. The van der Waals surface area contributed by atoms with Crippen molar-refractivity contribution < 1.29 is 19.0 Å². The number of fused-ring (bicyclic) bond motifs is 1. The standard InChI is InChI=1S/C20H21BrN4O4S/c1-9(2)29-19(26)16-10(3)24-20-25(18(23)15(8-22)30-20)17(16)11-6-12(21)14(28-5)7-13(11)27-4/h6-7,9,17H,23H2,1-5H3/t17-/m1/s1. The Morgan fingerprint density at radius 3 is 2.57 bits per heavy atom. The lowest BCUT2D eigenvalue weighted by Gasteiger charge is -2.35. The number of benzene rings is 1. The van der Waals surface area contributed by atoms with Crippen LogP contribution in [0.1, 0.15) is 32.4 Å². The van der Waals surface area contributed by atoms with E-state index < -0.39 is 12.0 Å². The Morgan fingerprint density at radius 2 is 2.00 bits per heavy atom. The van der Waals surface area contributed by atoms with Crippen LogP contribution in [-0.2, 0) is 9.53 Å². The topological polar surface area (TPSA) is 110 Å². The molecule has 0 amide bonds. The number of carbonyl (C=O) groups excluding carboxylic acids is 1. The quantitative estimate of drug-likeness (QED) is 0.617. The largest absolute Gasteiger partial charge is 0.496 e. The number of halogens is 1. The Hall–Kier alpha value is -2.64. The number of thioether (sulfide) groups is 1. The molecule has 0 aromatic heterocycles. The molecule has 158 valence electrons. The first-order chi connectivity index (χ1) is 14.2. The predicted octanol–water partition coefficient (Wildman–Crippen LogP) is 3.80. The SMILES string of the molecule is COc1cc(OC)c([C@@H]2C(C(=O)OC(C)C)=C(C)N=C3SC(C#N)=C(N)N32)cc1Br. The van der Waals surface area contributed by atoms with E-state index in [9.17, 15) is 10.1 Å². The van der Waals surface area contributed by atoms with Crippen molar-refractivity contribution in [1.82, 2.24) is 4.90 Å². The second kappa shape index (κ2) is 8.62. The molecule has 2 heterocycles. The number of aliphatic imine (C=N–C) groups is 1. The highest BCUT2D eigenvalue weighted by Crippen LogP contribution is 2.49. The van der Waals surface area contributed by atoms with E-state index in [0.29, 0.717) is 42.9 Å². The third-order valence-electron chi connectivity index (χ3n) is 4.54. The molecule has 3 rings (SSSR count). The van der Waals surface area contributed by atoms with E-state index in [2.05, 4.69) is 27.0 Å². The van der Waals surface area contributed by atoms with Crippen LogP contribution in [0.15, 0.2) is 43.6 Å². The fraction of sp³-hybridized carbons (Fsp3) is 0.350. The van der Waals surface area contributed by atoms with E-state index in [4.69, 9.17) is 19.9 Å². The molecule has 0 saturated carbocycles. The molecule has 0 unspecified atom stereocenters. The number of nitrogens with zero attached hydrogens (tertiary/aromatic N) is 3. The van der Waals surface area contributed by atoms with Crippen molar-refractivity contribution in [3.8, 4) is 17.6 Å². The van der Waals surface area contributed by atoms with Crippen LogP contribution in [0.25, 0.3) is 0 Å². The zero-order valence-electron chi connectivity index (χ0n) is 17.1. The third-order valence-corrected chi connectivity index (χ3v) is 6.13. The number of carbonyl (C=O) groups is 1. The van der Waals surface area contributed by atoms with Crippen LogP contribution in [0.5, 0.6) is 11.5 Å². The molecular weight excluding hydrogens is 472 g/mol. The predicted molar refractivity (Wildman–Crippen MR) is 118 cm³/mol. The Morgan fingerprint density at radius 1 is 1.33 bits per heavy atom. The maximum absolute atomic E-state index is 13.1. The van der Waals surface area contributed by atoms with Crippen molar-refractivity contribution in [3.63, 3.8) is 0 Å². The Bertz CT molecular complexity index is 1040. The van der Waals surface area contributed by atoms with Crippen molar-refractivity contribution >= 4 is 38.8 Å². The second-order valence-electron chi connectivity index (χ2n) is 6.78. The number of nitriles is 1. The number of esters is 1. The van der Waals surface area contributed by atoms with Gasteiger partial charge in [0.25, 0.3) is 0 Å². The first-order valence-corrected chi connectivity index (χ1v) is 10.6. The molecule has 0 aliphatic carbocycles. The molecule has 0 saturated heterocycles. The van der Waals surface area contributed by atoms with Gasteiger partial charge in [0.1, 0.15) is 34.3 Å². The molecule has 30 heavy (non-hydrogen) atoms. The summed E-state index contributed by atoms with van der Waals surface area (Å²) >= 11 is 4.66. The molecule has 10 heteroatoms. The summed E-state index contributed by atoms with van der Waals surface area (Å²) in [6.07, 6.45) is -0.316. The van der Waals surface area contributed by atoms with Crippen LogP contribution in [0.3, 0.4) is 0 Å². The van der Waals surface area contributed by atoms with Crippen LogP contribution in [0, 0.1) is 11.3 Å². The smallest absolute Gasteiger partial charge is 0.338 e.